The van der Waals surface area contributed by atoms with Crippen LogP contribution >= 0.6 is 11.6 Å². The average Bonchev–Trinajstić information content (AvgIpc) is 3.09. The molecule has 5 rings (SSSR count). The lowest BCUT2D eigenvalue weighted by Gasteiger charge is -2.44. The molecule has 49 heavy (non-hydrogen) atoms. The van der Waals surface area contributed by atoms with Gasteiger partial charge in [-0.1, -0.05) is 36.7 Å². The maximum absolute atomic E-state index is 13.5. The normalized spacial score (nSPS) is 26.4. The number of sulfonamides is 1. The molecule has 1 aliphatic carbocycles. The summed E-state index contributed by atoms with van der Waals surface area (Å²) in [4.78, 5) is 30.3. The zero-order chi connectivity index (χ0) is 35.1. The van der Waals surface area contributed by atoms with Gasteiger partial charge in [-0.25, -0.2) is 13.1 Å². The van der Waals surface area contributed by atoms with E-state index in [4.69, 9.17) is 25.8 Å². The van der Waals surface area contributed by atoms with Crippen molar-refractivity contribution in [3.63, 3.8) is 0 Å². The van der Waals surface area contributed by atoms with E-state index < -0.39 is 21.2 Å². The lowest BCUT2D eigenvalue weighted by Crippen LogP contribution is -2.45. The summed E-state index contributed by atoms with van der Waals surface area (Å²) in [5.41, 5.74) is 3.23. The topological polar surface area (TPSA) is 114 Å². The fraction of sp³-hybridized carbons (Fsp3) is 0.568. The summed E-state index contributed by atoms with van der Waals surface area (Å²) < 4.78 is 47.0. The maximum Gasteiger partial charge on any atom is 0.264 e. The molecular formula is C37H50ClN3O7S. The molecule has 2 heterocycles. The molecule has 3 aliphatic rings. The average molecular weight is 716 g/mol. The Morgan fingerprint density at radius 1 is 1.12 bits per heavy atom. The molecule has 2 aliphatic heterocycles. The van der Waals surface area contributed by atoms with Gasteiger partial charge in [0, 0.05) is 44.4 Å². The van der Waals surface area contributed by atoms with E-state index >= 15 is 0 Å². The van der Waals surface area contributed by atoms with E-state index in [0.29, 0.717) is 43.5 Å². The van der Waals surface area contributed by atoms with Crippen LogP contribution < -0.4 is 14.4 Å². The summed E-state index contributed by atoms with van der Waals surface area (Å²) in [5, 5.41) is -0.131. The molecule has 12 heteroatoms. The van der Waals surface area contributed by atoms with Crippen LogP contribution in [0.2, 0.25) is 5.02 Å². The quantitative estimate of drug-likeness (QED) is 0.384. The zero-order valence-electron chi connectivity index (χ0n) is 29.0. The number of hydrogen-bond donors (Lipinski definition) is 1. The van der Waals surface area contributed by atoms with Gasteiger partial charge in [0.1, 0.15) is 19.0 Å². The van der Waals surface area contributed by atoms with Gasteiger partial charge in [-0.2, -0.15) is 0 Å². The van der Waals surface area contributed by atoms with E-state index in [1.54, 1.807) is 44.2 Å². The van der Waals surface area contributed by atoms with Crippen molar-refractivity contribution in [2.75, 3.05) is 51.9 Å². The largest absolute Gasteiger partial charge is 0.487 e. The van der Waals surface area contributed by atoms with Crippen molar-refractivity contribution in [2.24, 2.45) is 17.8 Å². The zero-order valence-corrected chi connectivity index (χ0v) is 30.6. The molecule has 2 aromatic rings. The molecule has 1 fully saturated rings. The van der Waals surface area contributed by atoms with E-state index in [1.165, 1.54) is 0 Å². The molecule has 0 unspecified atom stereocenters. The first-order valence-corrected chi connectivity index (χ1v) is 19.3. The minimum atomic E-state index is -3.98. The van der Waals surface area contributed by atoms with Gasteiger partial charge in [0.05, 0.1) is 23.6 Å². The number of halogens is 1. The number of rotatable bonds is 6. The van der Waals surface area contributed by atoms with Gasteiger partial charge >= 0.3 is 0 Å². The molecule has 5 atom stereocenters. The third-order valence-electron chi connectivity index (χ3n) is 10.4. The monoisotopic (exact) mass is 715 g/mol. The van der Waals surface area contributed by atoms with Crippen molar-refractivity contribution in [1.29, 1.82) is 0 Å². The van der Waals surface area contributed by atoms with Gasteiger partial charge in [-0.3, -0.25) is 9.59 Å². The summed E-state index contributed by atoms with van der Waals surface area (Å²) in [6.07, 6.45) is 8.79. The Balaban J connectivity index is 1.49. The van der Waals surface area contributed by atoms with Gasteiger partial charge in [0.25, 0.3) is 5.91 Å². The van der Waals surface area contributed by atoms with E-state index in [-0.39, 0.29) is 41.9 Å². The van der Waals surface area contributed by atoms with E-state index in [9.17, 15) is 18.0 Å². The van der Waals surface area contributed by atoms with Crippen LogP contribution in [-0.4, -0.2) is 83.5 Å². The number of methoxy groups -OCH3 is 1. The third-order valence-corrected chi connectivity index (χ3v) is 12.6. The Hall–Kier alpha value is -3.12. The molecule has 0 radical (unpaired) electrons. The van der Waals surface area contributed by atoms with Crippen LogP contribution in [0.25, 0.3) is 0 Å². The van der Waals surface area contributed by atoms with Crippen molar-refractivity contribution in [1.82, 2.24) is 9.62 Å². The van der Waals surface area contributed by atoms with E-state index in [2.05, 4.69) is 9.62 Å². The van der Waals surface area contributed by atoms with Crippen LogP contribution in [0.5, 0.6) is 5.75 Å². The second-order valence-electron chi connectivity index (χ2n) is 13.7. The van der Waals surface area contributed by atoms with E-state index in [0.717, 1.165) is 55.5 Å². The third kappa shape index (κ3) is 9.36. The predicted octanol–water partition coefficient (Wildman–Crippen LogP) is 5.62. The smallest absolute Gasteiger partial charge is 0.264 e. The molecule has 10 nitrogen and oxygen atoms in total. The highest BCUT2D eigenvalue weighted by Crippen LogP contribution is 2.42. The molecule has 0 saturated heterocycles. The van der Waals surface area contributed by atoms with Gasteiger partial charge < -0.3 is 24.0 Å². The van der Waals surface area contributed by atoms with Crippen LogP contribution in [0.4, 0.5) is 5.69 Å². The standard InChI is InChI=1S/C37H50ClN3O7S/c1-25-8-7-10-34(48-24-36(42)40(3)18-19-46-4)32-15-12-29(32)22-41-17-6-5-9-27-20-31(38)14-11-30(27)23-47-35-16-13-28(21-33(35)41)37(43)39-49(44,45)26(25)2/h7,10-11,13-14,16,20-21,25-26,29,32,34H,5-6,8-9,12,15,17-19,22-24H2,1-4H3,(H,39,43)/b10-7+/t25-,26+,29-,32+,34-/m0/s1. The number of anilines is 1. The SMILES string of the molecule is COCCN(C)C(=O)CO[C@H]1/C=C/C[C@H](C)[C@@H](C)S(=O)(=O)NC(=O)c2ccc3c(c2)N(CCCCc2cc(Cl)ccc2CO3)C[C@@H]2CC[C@H]21. The van der Waals surface area contributed by atoms with E-state index in [1.807, 2.05) is 37.3 Å². The Morgan fingerprint density at radius 3 is 2.69 bits per heavy atom. The van der Waals surface area contributed by atoms with Crippen LogP contribution in [-0.2, 0) is 37.3 Å². The number of nitrogens with zero attached hydrogens (tertiary/aromatic N) is 2. The molecule has 2 aromatic carbocycles. The highest BCUT2D eigenvalue weighted by Gasteiger charge is 2.39. The molecule has 268 valence electrons. The summed E-state index contributed by atoms with van der Waals surface area (Å²) in [6, 6.07) is 11.0. The fourth-order valence-electron chi connectivity index (χ4n) is 6.78. The molecular weight excluding hydrogens is 666 g/mol. The minimum absolute atomic E-state index is 0.0564. The second-order valence-corrected chi connectivity index (χ2v) is 16.2. The fourth-order valence-corrected chi connectivity index (χ4v) is 8.25. The lowest BCUT2D eigenvalue weighted by atomic mass is 9.70. The number of fused-ring (bicyclic) bond motifs is 3. The van der Waals surface area contributed by atoms with Gasteiger partial charge in [-0.15, -0.1) is 0 Å². The molecule has 0 aromatic heterocycles. The number of amides is 2. The predicted molar refractivity (Wildman–Crippen MR) is 192 cm³/mol. The Bertz CT molecular complexity index is 1620. The van der Waals surface area contributed by atoms with Crippen molar-refractivity contribution in [3.8, 4) is 5.75 Å². The Labute approximate surface area is 296 Å². The van der Waals surface area contributed by atoms with Crippen LogP contribution in [0.15, 0.2) is 48.6 Å². The number of carbonyl (C=O) groups excluding carboxylic acids is 2. The summed E-state index contributed by atoms with van der Waals surface area (Å²) >= 11 is 6.35. The van der Waals surface area contributed by atoms with Crippen molar-refractivity contribution >= 4 is 39.1 Å². The Kier molecular flexibility index (Phi) is 12.7. The molecule has 1 saturated carbocycles. The first kappa shape index (κ1) is 37.1. The summed E-state index contributed by atoms with van der Waals surface area (Å²) in [6.45, 7) is 6.10. The van der Waals surface area contributed by atoms with Crippen LogP contribution in [0.1, 0.15) is 67.4 Å². The first-order valence-electron chi connectivity index (χ1n) is 17.3. The van der Waals surface area contributed by atoms with Crippen molar-refractivity contribution < 1.29 is 32.2 Å². The number of carbonyl (C=O) groups is 2. The van der Waals surface area contributed by atoms with Crippen molar-refractivity contribution in [3.05, 3.63) is 70.3 Å². The molecule has 1 N–H and O–H groups in total. The van der Waals surface area contributed by atoms with Crippen LogP contribution in [0.3, 0.4) is 0 Å². The summed E-state index contributed by atoms with van der Waals surface area (Å²) in [5.74, 6) is 0.00567. The van der Waals surface area contributed by atoms with Gasteiger partial charge in [0.2, 0.25) is 15.9 Å². The number of benzene rings is 2. The molecule has 2 amide bonds. The highest BCUT2D eigenvalue weighted by molar-refractivity contribution is 7.90. The van der Waals surface area contributed by atoms with Crippen molar-refractivity contribution in [2.45, 2.75) is 70.3 Å². The summed E-state index contributed by atoms with van der Waals surface area (Å²) in [7, 11) is -0.633. The molecule has 2 bridgehead atoms. The van der Waals surface area contributed by atoms with Gasteiger partial charge in [0.15, 0.2) is 0 Å². The number of hydrogen-bond acceptors (Lipinski definition) is 8. The minimum Gasteiger partial charge on any atom is -0.487 e. The second kappa shape index (κ2) is 16.7. The maximum atomic E-state index is 13.5. The molecule has 0 spiro atoms. The number of ether oxygens (including phenoxy) is 3. The first-order chi connectivity index (χ1) is 23.5. The Morgan fingerprint density at radius 2 is 1.94 bits per heavy atom. The van der Waals surface area contributed by atoms with Crippen LogP contribution in [0, 0.1) is 17.8 Å². The number of allylic oxidation sites excluding steroid dienone is 1. The highest BCUT2D eigenvalue weighted by atomic mass is 35.5. The lowest BCUT2D eigenvalue weighted by molar-refractivity contribution is -0.138. The van der Waals surface area contributed by atoms with Gasteiger partial charge in [-0.05, 0) is 105 Å². The number of likely N-dealkylation sites (N-methyl/N-ethyl adjacent to an activating group) is 1. The number of aryl methyl sites for hydroxylation is 1. The number of nitrogens with one attached hydrogen (secondary N) is 1.